The smallest absolute Gasteiger partial charge is 0.224 e. The normalized spacial score (nSPS) is 17.2. The number of nitrogens with zero attached hydrogens (tertiary/aromatic N) is 5. The van der Waals surface area contributed by atoms with E-state index >= 15 is 0 Å². The van der Waals surface area contributed by atoms with Gasteiger partial charge in [0.1, 0.15) is 5.82 Å². The molecule has 7 heteroatoms. The molecule has 2 aromatic heterocycles. The predicted molar refractivity (Wildman–Crippen MR) is 86.4 cm³/mol. The van der Waals surface area contributed by atoms with Gasteiger partial charge in [0.25, 0.3) is 0 Å². The van der Waals surface area contributed by atoms with Gasteiger partial charge in [0.05, 0.1) is 11.4 Å². The van der Waals surface area contributed by atoms with Crippen LogP contribution in [0.5, 0.6) is 0 Å². The fourth-order valence-electron chi connectivity index (χ4n) is 2.62. The van der Waals surface area contributed by atoms with Crippen LogP contribution in [0.2, 0.25) is 0 Å². The van der Waals surface area contributed by atoms with Gasteiger partial charge in [-0.05, 0) is 32.9 Å². The van der Waals surface area contributed by atoms with Crippen molar-refractivity contribution in [2.24, 2.45) is 0 Å². The zero-order valence-corrected chi connectivity index (χ0v) is 13.0. The molecule has 7 nitrogen and oxygen atoms in total. The predicted octanol–water partition coefficient (Wildman–Crippen LogP) is 1.57. The maximum absolute atomic E-state index is 10.7. The number of anilines is 2. The molecule has 1 aliphatic rings. The van der Waals surface area contributed by atoms with Crippen molar-refractivity contribution in [1.29, 1.82) is 0 Å². The number of hydrogen-bond donors (Lipinski definition) is 2. The van der Waals surface area contributed by atoms with E-state index in [1.54, 1.807) is 10.9 Å². The Morgan fingerprint density at radius 3 is 2.77 bits per heavy atom. The largest absolute Gasteiger partial charge is 0.368 e. The number of aromatic nitrogens is 4. The first kappa shape index (κ1) is 14.5. The average molecular weight is 300 g/mol. The summed E-state index contributed by atoms with van der Waals surface area (Å²) in [6, 6.07) is 1.83. The number of rotatable bonds is 4. The molecule has 116 valence electrons. The highest BCUT2D eigenvalue weighted by Crippen LogP contribution is 2.33. The maximum Gasteiger partial charge on any atom is 0.224 e. The van der Waals surface area contributed by atoms with E-state index in [4.69, 9.17) is 0 Å². The lowest BCUT2D eigenvalue weighted by Crippen LogP contribution is -2.41. The summed E-state index contributed by atoms with van der Waals surface area (Å²) >= 11 is 0. The zero-order valence-electron chi connectivity index (χ0n) is 13.0. The molecular formula is C15H20N6O. The van der Waals surface area contributed by atoms with Gasteiger partial charge in [0.2, 0.25) is 5.95 Å². The van der Waals surface area contributed by atoms with Crippen molar-refractivity contribution in [3.63, 3.8) is 0 Å². The van der Waals surface area contributed by atoms with E-state index in [1.807, 2.05) is 44.0 Å². The molecule has 0 saturated carbocycles. The van der Waals surface area contributed by atoms with Crippen LogP contribution in [0.4, 0.5) is 11.8 Å². The Kier molecular flexibility index (Phi) is 3.81. The summed E-state index contributed by atoms with van der Waals surface area (Å²) in [6.07, 6.45) is 4.62. The molecule has 0 aromatic carbocycles. The highest BCUT2D eigenvalue weighted by molar-refractivity contribution is 5.85. The van der Waals surface area contributed by atoms with E-state index in [-0.39, 0.29) is 0 Å². The molecule has 0 fully saturated rings. The first-order valence-electron chi connectivity index (χ1n) is 7.44. The quantitative estimate of drug-likeness (QED) is 0.892. The third-order valence-corrected chi connectivity index (χ3v) is 3.68. The van der Waals surface area contributed by atoms with Crippen LogP contribution < -0.4 is 10.2 Å². The van der Waals surface area contributed by atoms with Gasteiger partial charge in [-0.1, -0.05) is 0 Å². The van der Waals surface area contributed by atoms with Crippen molar-refractivity contribution in [3.8, 4) is 0 Å². The number of nitrogens with one attached hydrogen (secondary N) is 1. The van der Waals surface area contributed by atoms with Crippen LogP contribution in [0.15, 0.2) is 18.5 Å². The lowest BCUT2D eigenvalue weighted by molar-refractivity contribution is 0.218. The van der Waals surface area contributed by atoms with Crippen LogP contribution in [-0.4, -0.2) is 44.2 Å². The minimum Gasteiger partial charge on any atom is -0.368 e. The summed E-state index contributed by atoms with van der Waals surface area (Å²) in [5.41, 5.74) is 2.48. The highest BCUT2D eigenvalue weighted by Gasteiger charge is 2.30. The Hall–Kier alpha value is -2.41. The van der Waals surface area contributed by atoms with Crippen molar-refractivity contribution in [3.05, 3.63) is 29.7 Å². The van der Waals surface area contributed by atoms with Crippen LogP contribution >= 0.6 is 0 Å². The number of fused-ring (bicyclic) bond motifs is 1. The Bertz CT molecular complexity index is 694. The molecule has 0 aliphatic carbocycles. The molecule has 22 heavy (non-hydrogen) atoms. The second-order valence-electron chi connectivity index (χ2n) is 5.08. The molecule has 2 N–H and O–H groups in total. The van der Waals surface area contributed by atoms with Crippen LogP contribution in [0.3, 0.4) is 0 Å². The molecule has 1 aliphatic heterocycles. The topological polar surface area (TPSA) is 79.1 Å². The second-order valence-corrected chi connectivity index (χ2v) is 5.08. The fraction of sp³-hybridized carbons (Fsp3) is 0.400. The van der Waals surface area contributed by atoms with Gasteiger partial charge in [-0.25, -0.2) is 9.67 Å². The average Bonchev–Trinajstić information content (AvgIpc) is 3.01. The van der Waals surface area contributed by atoms with Gasteiger partial charge in [0.15, 0.2) is 6.23 Å². The molecule has 0 spiro atoms. The van der Waals surface area contributed by atoms with Gasteiger partial charge in [-0.2, -0.15) is 10.1 Å². The Balaban J connectivity index is 2.15. The van der Waals surface area contributed by atoms with Crippen LogP contribution in [0.25, 0.3) is 11.8 Å². The highest BCUT2D eigenvalue weighted by atomic mass is 16.3. The number of aliphatic hydroxyl groups is 1. The van der Waals surface area contributed by atoms with Crippen LogP contribution in [0.1, 0.15) is 25.1 Å². The van der Waals surface area contributed by atoms with Crippen molar-refractivity contribution in [2.45, 2.75) is 27.0 Å². The fourth-order valence-corrected chi connectivity index (χ4v) is 2.62. The Labute approximate surface area is 129 Å². The van der Waals surface area contributed by atoms with E-state index in [1.165, 1.54) is 0 Å². The van der Waals surface area contributed by atoms with Crippen molar-refractivity contribution in [2.75, 3.05) is 23.3 Å². The Morgan fingerprint density at radius 2 is 2.14 bits per heavy atom. The van der Waals surface area contributed by atoms with Gasteiger partial charge in [-0.15, -0.1) is 0 Å². The summed E-state index contributed by atoms with van der Waals surface area (Å²) in [6.45, 7) is 7.32. The first-order valence-corrected chi connectivity index (χ1v) is 7.44. The van der Waals surface area contributed by atoms with E-state index in [2.05, 4.69) is 20.4 Å². The third kappa shape index (κ3) is 2.33. The lowest BCUT2D eigenvalue weighted by atomic mass is 10.1. The third-order valence-electron chi connectivity index (χ3n) is 3.68. The molecule has 0 saturated heterocycles. The van der Waals surface area contributed by atoms with Gasteiger partial charge < -0.3 is 15.3 Å². The number of aryl methyl sites for hydroxylation is 1. The molecule has 0 amide bonds. The SMILES string of the molecule is CCNc1nc(C)c2c(n1)N(CC)C(O)C(n1cccn1)=C2. The molecular weight excluding hydrogens is 280 g/mol. The first-order chi connectivity index (χ1) is 10.7. The number of aliphatic hydroxyl groups excluding tert-OH is 1. The molecule has 0 radical (unpaired) electrons. The van der Waals surface area contributed by atoms with Crippen molar-refractivity contribution >= 4 is 23.5 Å². The van der Waals surface area contributed by atoms with Crippen molar-refractivity contribution < 1.29 is 5.11 Å². The second kappa shape index (κ2) is 5.76. The van der Waals surface area contributed by atoms with E-state index < -0.39 is 6.23 Å². The molecule has 1 unspecified atom stereocenters. The summed E-state index contributed by atoms with van der Waals surface area (Å²) in [7, 11) is 0. The van der Waals surface area contributed by atoms with E-state index in [9.17, 15) is 5.11 Å². The van der Waals surface area contributed by atoms with Gasteiger partial charge in [-0.3, -0.25) is 0 Å². The van der Waals surface area contributed by atoms with Gasteiger partial charge in [0, 0.05) is 31.0 Å². The minimum atomic E-state index is -0.791. The molecule has 0 bridgehead atoms. The minimum absolute atomic E-state index is 0.584. The lowest BCUT2D eigenvalue weighted by Gasteiger charge is -2.34. The zero-order chi connectivity index (χ0) is 15.7. The maximum atomic E-state index is 10.7. The summed E-state index contributed by atoms with van der Waals surface area (Å²) < 4.78 is 1.67. The van der Waals surface area contributed by atoms with E-state index in [0.717, 1.165) is 23.6 Å². The monoisotopic (exact) mass is 300 g/mol. The number of hydrogen-bond acceptors (Lipinski definition) is 6. The van der Waals surface area contributed by atoms with Gasteiger partial charge >= 0.3 is 0 Å². The van der Waals surface area contributed by atoms with Crippen LogP contribution in [0, 0.1) is 6.92 Å². The molecule has 1 atom stereocenters. The Morgan fingerprint density at radius 1 is 1.32 bits per heavy atom. The summed E-state index contributed by atoms with van der Waals surface area (Å²) in [5.74, 6) is 1.33. The van der Waals surface area contributed by atoms with E-state index in [0.29, 0.717) is 18.2 Å². The molecule has 2 aromatic rings. The van der Waals surface area contributed by atoms with Crippen LogP contribution in [-0.2, 0) is 0 Å². The summed E-state index contributed by atoms with van der Waals surface area (Å²) in [4.78, 5) is 10.9. The molecule has 3 heterocycles. The van der Waals surface area contributed by atoms with Crippen molar-refractivity contribution in [1.82, 2.24) is 19.7 Å². The number of likely N-dealkylation sites (N-methyl/N-ethyl adjacent to an activating group) is 1. The standard InChI is InChI=1S/C15H20N6O/c1-4-16-15-18-10(3)11-9-12(21-8-6-7-17-21)14(22)20(5-2)13(11)19-15/h6-9,14,22H,4-5H2,1-3H3,(H,16,18,19). The molecule has 3 rings (SSSR count). The summed E-state index contributed by atoms with van der Waals surface area (Å²) in [5, 5.41) is 18.0.